The van der Waals surface area contributed by atoms with E-state index in [1.807, 2.05) is 49.4 Å². The molecule has 2 aromatic carbocycles. The van der Waals surface area contributed by atoms with Gasteiger partial charge >= 0.3 is 12.1 Å². The highest BCUT2D eigenvalue weighted by Crippen LogP contribution is 2.24. The van der Waals surface area contributed by atoms with Crippen LogP contribution in [0.2, 0.25) is 0 Å². The molecule has 0 radical (unpaired) electrons. The minimum absolute atomic E-state index is 0.240. The van der Waals surface area contributed by atoms with Crippen molar-refractivity contribution in [3.63, 3.8) is 0 Å². The van der Waals surface area contributed by atoms with Crippen molar-refractivity contribution < 1.29 is 19.1 Å². The summed E-state index contributed by atoms with van der Waals surface area (Å²) in [5.41, 5.74) is 1.43. The fourth-order valence-electron chi connectivity index (χ4n) is 2.58. The summed E-state index contributed by atoms with van der Waals surface area (Å²) in [7, 11) is 0. The fraction of sp³-hybridized carbons (Fsp3) is 0.222. The number of cyclic esters (lactones) is 1. The van der Waals surface area contributed by atoms with Crippen molar-refractivity contribution >= 4 is 22.8 Å². The Balaban J connectivity index is 1.70. The number of esters is 1. The van der Waals surface area contributed by atoms with Crippen LogP contribution in [0.4, 0.5) is 4.79 Å². The lowest BCUT2D eigenvalue weighted by molar-refractivity contribution is -0.151. The van der Waals surface area contributed by atoms with E-state index < -0.39 is 18.4 Å². The molecule has 2 atom stereocenters. The van der Waals surface area contributed by atoms with Gasteiger partial charge in [0, 0.05) is 11.6 Å². The zero-order valence-corrected chi connectivity index (χ0v) is 12.9. The molecule has 5 heteroatoms. The second-order valence-corrected chi connectivity index (χ2v) is 5.46. The summed E-state index contributed by atoms with van der Waals surface area (Å²) in [6.45, 7) is 3.49. The molecule has 23 heavy (non-hydrogen) atoms. The Bertz CT molecular complexity index is 791. The second-order valence-electron chi connectivity index (χ2n) is 5.46. The first-order valence-corrected chi connectivity index (χ1v) is 7.39. The molecule has 3 rings (SSSR count). The van der Waals surface area contributed by atoms with E-state index in [9.17, 15) is 9.59 Å². The predicted octanol–water partition coefficient (Wildman–Crippen LogP) is 3.46. The highest BCUT2D eigenvalue weighted by atomic mass is 16.7. The van der Waals surface area contributed by atoms with Gasteiger partial charge in [0.1, 0.15) is 0 Å². The minimum atomic E-state index is -0.956. The van der Waals surface area contributed by atoms with E-state index in [0.717, 1.165) is 16.3 Å². The van der Waals surface area contributed by atoms with Gasteiger partial charge in [-0.15, -0.1) is 0 Å². The van der Waals surface area contributed by atoms with Crippen molar-refractivity contribution in [3.8, 4) is 0 Å². The summed E-state index contributed by atoms with van der Waals surface area (Å²) in [5.74, 6) is -0.468. The van der Waals surface area contributed by atoms with Gasteiger partial charge in [-0.3, -0.25) is 0 Å². The molecule has 0 fully saturated rings. The SMILES string of the molecule is CC1=C[C@H](OC(=O)N[C@H](C)c2cccc3ccccc23)OC1=O. The van der Waals surface area contributed by atoms with Crippen LogP contribution in [0.3, 0.4) is 0 Å². The summed E-state index contributed by atoms with van der Waals surface area (Å²) in [4.78, 5) is 23.2. The van der Waals surface area contributed by atoms with Crippen molar-refractivity contribution in [2.45, 2.75) is 26.2 Å². The molecule has 5 nitrogen and oxygen atoms in total. The standard InChI is InChI=1S/C18H17NO4/c1-11-10-16(22-17(11)20)23-18(21)19-12(2)14-9-5-7-13-6-3-4-8-15(13)14/h3-10,12,16H,1-2H3,(H,19,21)/t12-,16+/m1/s1. The van der Waals surface area contributed by atoms with Crippen LogP contribution in [0.25, 0.3) is 10.8 Å². The summed E-state index contributed by atoms with van der Waals surface area (Å²) in [5, 5.41) is 4.94. The molecule has 2 aromatic rings. The summed E-state index contributed by atoms with van der Waals surface area (Å²) >= 11 is 0. The van der Waals surface area contributed by atoms with E-state index in [-0.39, 0.29) is 6.04 Å². The van der Waals surface area contributed by atoms with Gasteiger partial charge in [-0.05, 0) is 30.2 Å². The molecular formula is C18H17NO4. The summed E-state index contributed by atoms with van der Waals surface area (Å²) in [6, 6.07) is 13.7. The molecule has 0 saturated heterocycles. The van der Waals surface area contributed by atoms with Crippen molar-refractivity contribution in [2.75, 3.05) is 0 Å². The minimum Gasteiger partial charge on any atom is -0.418 e. The molecule has 0 saturated carbocycles. The van der Waals surface area contributed by atoms with Crippen molar-refractivity contribution in [1.82, 2.24) is 5.32 Å². The lowest BCUT2D eigenvalue weighted by atomic mass is 10.00. The van der Waals surface area contributed by atoms with E-state index in [1.165, 1.54) is 6.08 Å². The highest BCUT2D eigenvalue weighted by Gasteiger charge is 2.26. The van der Waals surface area contributed by atoms with Crippen molar-refractivity contribution in [3.05, 3.63) is 59.7 Å². The number of hydrogen-bond donors (Lipinski definition) is 1. The van der Waals surface area contributed by atoms with Gasteiger partial charge in [0.2, 0.25) is 0 Å². The van der Waals surface area contributed by atoms with Gasteiger partial charge in [0.25, 0.3) is 6.29 Å². The molecule has 0 aliphatic carbocycles. The smallest absolute Gasteiger partial charge is 0.410 e. The predicted molar refractivity (Wildman–Crippen MR) is 85.6 cm³/mol. The third-order valence-electron chi connectivity index (χ3n) is 3.78. The number of carbonyl (C=O) groups excluding carboxylic acids is 2. The Kier molecular flexibility index (Phi) is 4.02. The van der Waals surface area contributed by atoms with Gasteiger partial charge in [0.15, 0.2) is 0 Å². The number of nitrogens with one attached hydrogen (secondary N) is 1. The zero-order chi connectivity index (χ0) is 16.4. The van der Waals surface area contributed by atoms with Crippen LogP contribution >= 0.6 is 0 Å². The average molecular weight is 311 g/mol. The first-order valence-electron chi connectivity index (χ1n) is 7.39. The van der Waals surface area contributed by atoms with Crippen LogP contribution in [-0.2, 0) is 14.3 Å². The van der Waals surface area contributed by atoms with Crippen LogP contribution in [0.5, 0.6) is 0 Å². The van der Waals surface area contributed by atoms with Gasteiger partial charge in [-0.1, -0.05) is 42.5 Å². The second kappa shape index (κ2) is 6.12. The molecule has 0 spiro atoms. The van der Waals surface area contributed by atoms with E-state index in [2.05, 4.69) is 5.32 Å². The highest BCUT2D eigenvalue weighted by molar-refractivity contribution is 5.90. The Morgan fingerprint density at radius 1 is 1.22 bits per heavy atom. The van der Waals surface area contributed by atoms with Gasteiger partial charge in [0.05, 0.1) is 6.04 Å². The normalized spacial score (nSPS) is 18.3. The van der Waals surface area contributed by atoms with E-state index in [0.29, 0.717) is 5.57 Å². The third kappa shape index (κ3) is 3.18. The third-order valence-corrected chi connectivity index (χ3v) is 3.78. The van der Waals surface area contributed by atoms with E-state index in [4.69, 9.17) is 9.47 Å². The molecule has 1 N–H and O–H groups in total. The van der Waals surface area contributed by atoms with Crippen LogP contribution in [0, 0.1) is 0 Å². The van der Waals surface area contributed by atoms with Crippen molar-refractivity contribution in [2.24, 2.45) is 0 Å². The Hall–Kier alpha value is -2.82. The number of amides is 1. The maximum Gasteiger partial charge on any atom is 0.410 e. The molecule has 0 bridgehead atoms. The molecule has 118 valence electrons. The number of rotatable bonds is 3. The fourth-order valence-corrected chi connectivity index (χ4v) is 2.58. The Morgan fingerprint density at radius 2 is 1.96 bits per heavy atom. The largest absolute Gasteiger partial charge is 0.418 e. The lowest BCUT2D eigenvalue weighted by Crippen LogP contribution is -2.31. The molecule has 1 amide bonds. The first-order chi connectivity index (χ1) is 11.0. The average Bonchev–Trinajstić information content (AvgIpc) is 2.84. The molecule has 1 aliphatic rings. The number of ether oxygens (including phenoxy) is 2. The van der Waals surface area contributed by atoms with Gasteiger partial charge < -0.3 is 14.8 Å². The molecule has 1 aliphatic heterocycles. The Morgan fingerprint density at radius 3 is 2.70 bits per heavy atom. The number of alkyl carbamates (subject to hydrolysis) is 1. The molecule has 0 unspecified atom stereocenters. The number of benzene rings is 2. The number of carbonyl (C=O) groups is 2. The number of hydrogen-bond acceptors (Lipinski definition) is 4. The Labute approximate surface area is 133 Å². The number of fused-ring (bicyclic) bond motifs is 1. The van der Waals surface area contributed by atoms with E-state index in [1.54, 1.807) is 6.92 Å². The lowest BCUT2D eigenvalue weighted by Gasteiger charge is -2.17. The molecule has 0 aromatic heterocycles. The van der Waals surface area contributed by atoms with Crippen LogP contribution in [0.15, 0.2) is 54.1 Å². The summed E-state index contributed by atoms with van der Waals surface area (Å²) in [6.07, 6.45) is -0.110. The molecular weight excluding hydrogens is 294 g/mol. The maximum absolute atomic E-state index is 12.0. The monoisotopic (exact) mass is 311 g/mol. The molecule has 1 heterocycles. The van der Waals surface area contributed by atoms with Crippen LogP contribution in [0.1, 0.15) is 25.5 Å². The van der Waals surface area contributed by atoms with Crippen molar-refractivity contribution in [1.29, 1.82) is 0 Å². The van der Waals surface area contributed by atoms with Gasteiger partial charge in [-0.25, -0.2) is 9.59 Å². The van der Waals surface area contributed by atoms with Gasteiger partial charge in [-0.2, -0.15) is 0 Å². The van der Waals surface area contributed by atoms with E-state index >= 15 is 0 Å². The first kappa shape index (κ1) is 15.1. The van der Waals surface area contributed by atoms with Crippen LogP contribution < -0.4 is 5.32 Å². The topological polar surface area (TPSA) is 64.6 Å². The maximum atomic E-state index is 12.0. The summed E-state index contributed by atoms with van der Waals surface area (Å²) < 4.78 is 9.97. The quantitative estimate of drug-likeness (QED) is 0.882. The zero-order valence-electron chi connectivity index (χ0n) is 12.9. The van der Waals surface area contributed by atoms with Crippen LogP contribution in [-0.4, -0.2) is 18.4 Å².